The molecule has 9 heteroatoms. The zero-order valence-electron chi connectivity index (χ0n) is 9.72. The molecule has 102 valence electrons. The third-order valence-corrected chi connectivity index (χ3v) is 4.02. The first kappa shape index (κ1) is 13.0. The van der Waals surface area contributed by atoms with Gasteiger partial charge in [-0.15, -0.1) is 0 Å². The summed E-state index contributed by atoms with van der Waals surface area (Å²) in [5.41, 5.74) is 6.62. The van der Waals surface area contributed by atoms with Crippen molar-refractivity contribution in [2.75, 3.05) is 10.2 Å². The molecular weight excluding hydrogens is 365 g/mol. The minimum atomic E-state index is -1.03. The summed E-state index contributed by atoms with van der Waals surface area (Å²) < 4.78 is 7.78. The number of halogens is 1. The number of nitrogen functional groups attached to an aromatic ring is 1. The Kier molecular flexibility index (Phi) is 3.28. The summed E-state index contributed by atoms with van der Waals surface area (Å²) >= 11 is 2.10. The molecule has 1 aliphatic heterocycles. The molecule has 0 bridgehead atoms. The summed E-state index contributed by atoms with van der Waals surface area (Å²) in [6.45, 7) is 0. The van der Waals surface area contributed by atoms with Crippen LogP contribution in [0.4, 0.5) is 5.82 Å². The number of nitrogens with two attached hydrogens (primary N) is 1. The molecule has 0 spiro atoms. The van der Waals surface area contributed by atoms with Crippen LogP contribution in [0.1, 0.15) is 6.23 Å². The third kappa shape index (κ3) is 1.96. The number of aromatic nitrogens is 4. The van der Waals surface area contributed by atoms with Crippen molar-refractivity contribution in [3.8, 4) is 0 Å². The maximum atomic E-state index is 10.1. The van der Waals surface area contributed by atoms with E-state index >= 15 is 0 Å². The van der Waals surface area contributed by atoms with E-state index in [9.17, 15) is 10.2 Å². The standard InChI is InChI=1S/C10H12IN5O3/c11-1-4-6(17)7(18)10(19-4)16-3-15-5-8(12)13-2-14-9(5)16/h2-4,6-7,10,17-18H,1H2,(H2,12,13,14)/t4-,6+,7+,10-/m1/s1. The first-order chi connectivity index (χ1) is 9.13. The zero-order valence-corrected chi connectivity index (χ0v) is 11.9. The summed E-state index contributed by atoms with van der Waals surface area (Å²) in [6.07, 6.45) is -0.312. The number of aliphatic hydroxyl groups is 2. The molecule has 0 aromatic carbocycles. The Bertz CT molecular complexity index is 606. The largest absolute Gasteiger partial charge is 0.387 e. The van der Waals surface area contributed by atoms with Crippen molar-refractivity contribution < 1.29 is 14.9 Å². The highest BCUT2D eigenvalue weighted by atomic mass is 127. The second-order valence-corrected chi connectivity index (χ2v) is 5.16. The summed E-state index contributed by atoms with van der Waals surface area (Å²) in [6, 6.07) is 0. The molecule has 3 heterocycles. The van der Waals surface area contributed by atoms with Crippen molar-refractivity contribution in [3.63, 3.8) is 0 Å². The van der Waals surface area contributed by atoms with Gasteiger partial charge in [0.1, 0.15) is 24.1 Å². The molecule has 0 radical (unpaired) electrons. The van der Waals surface area contributed by atoms with Crippen LogP contribution in [-0.4, -0.2) is 52.5 Å². The molecule has 8 nitrogen and oxygen atoms in total. The molecule has 1 saturated heterocycles. The molecule has 0 amide bonds. The number of hydrogen-bond acceptors (Lipinski definition) is 7. The molecule has 0 aliphatic carbocycles. The average molecular weight is 377 g/mol. The number of ether oxygens (including phenoxy) is 1. The van der Waals surface area contributed by atoms with Gasteiger partial charge in [-0.1, -0.05) is 22.6 Å². The Labute approximate surface area is 121 Å². The highest BCUT2D eigenvalue weighted by Gasteiger charge is 2.43. The van der Waals surface area contributed by atoms with Gasteiger partial charge in [0.15, 0.2) is 17.7 Å². The molecule has 2 aromatic rings. The van der Waals surface area contributed by atoms with Crippen molar-refractivity contribution in [1.29, 1.82) is 0 Å². The van der Waals surface area contributed by atoms with Crippen LogP contribution >= 0.6 is 22.6 Å². The summed E-state index contributed by atoms with van der Waals surface area (Å²) in [5, 5.41) is 19.9. The minimum Gasteiger partial charge on any atom is -0.387 e. The SMILES string of the molecule is Nc1ncnc2c1ncn2[C@@H]1O[C@H](CI)[C@H](O)[C@@H]1O. The predicted molar refractivity (Wildman–Crippen MR) is 74.5 cm³/mol. The van der Waals surface area contributed by atoms with E-state index in [0.717, 1.165) is 0 Å². The molecule has 4 atom stereocenters. The number of anilines is 1. The molecule has 3 rings (SSSR count). The lowest BCUT2D eigenvalue weighted by molar-refractivity contribution is -0.0283. The fourth-order valence-electron chi connectivity index (χ4n) is 2.14. The van der Waals surface area contributed by atoms with Crippen molar-refractivity contribution in [1.82, 2.24) is 19.5 Å². The molecular formula is C10H12IN5O3. The molecule has 1 fully saturated rings. The maximum absolute atomic E-state index is 10.1. The van der Waals surface area contributed by atoms with E-state index in [-0.39, 0.29) is 5.82 Å². The Hall–Kier alpha value is -1.04. The van der Waals surface area contributed by atoms with E-state index in [1.165, 1.54) is 12.7 Å². The number of aliphatic hydroxyl groups excluding tert-OH is 2. The summed E-state index contributed by atoms with van der Waals surface area (Å²) in [4.78, 5) is 12.1. The highest BCUT2D eigenvalue weighted by molar-refractivity contribution is 14.1. The van der Waals surface area contributed by atoms with Crippen LogP contribution in [0.5, 0.6) is 0 Å². The summed E-state index contributed by atoms with van der Waals surface area (Å²) in [5.74, 6) is 0.266. The van der Waals surface area contributed by atoms with Gasteiger partial charge in [0.2, 0.25) is 0 Å². The fourth-order valence-corrected chi connectivity index (χ4v) is 2.87. The summed E-state index contributed by atoms with van der Waals surface area (Å²) in [7, 11) is 0. The van der Waals surface area contributed by atoms with Crippen LogP contribution in [0.15, 0.2) is 12.7 Å². The maximum Gasteiger partial charge on any atom is 0.167 e. The van der Waals surface area contributed by atoms with Gasteiger partial charge >= 0.3 is 0 Å². The Morgan fingerprint density at radius 1 is 1.32 bits per heavy atom. The number of alkyl halides is 1. The fraction of sp³-hybridized carbons (Fsp3) is 0.500. The second kappa shape index (κ2) is 4.81. The van der Waals surface area contributed by atoms with Crippen LogP contribution in [0.25, 0.3) is 11.2 Å². The average Bonchev–Trinajstić information content (AvgIpc) is 2.94. The molecule has 0 saturated carbocycles. The van der Waals surface area contributed by atoms with E-state index in [1.54, 1.807) is 4.57 Å². The lowest BCUT2D eigenvalue weighted by Gasteiger charge is -2.16. The Morgan fingerprint density at radius 2 is 2.11 bits per heavy atom. The zero-order chi connectivity index (χ0) is 13.6. The topological polar surface area (TPSA) is 119 Å². The molecule has 0 unspecified atom stereocenters. The smallest absolute Gasteiger partial charge is 0.167 e. The number of nitrogens with zero attached hydrogens (tertiary/aromatic N) is 4. The van der Waals surface area contributed by atoms with Gasteiger partial charge in [-0.25, -0.2) is 15.0 Å². The molecule has 19 heavy (non-hydrogen) atoms. The molecule has 2 aromatic heterocycles. The number of rotatable bonds is 2. The van der Waals surface area contributed by atoms with Gasteiger partial charge in [0, 0.05) is 4.43 Å². The first-order valence-electron chi connectivity index (χ1n) is 5.64. The van der Waals surface area contributed by atoms with Gasteiger partial charge in [0.25, 0.3) is 0 Å². The Morgan fingerprint density at radius 3 is 2.79 bits per heavy atom. The minimum absolute atomic E-state index is 0.266. The van der Waals surface area contributed by atoms with Gasteiger partial charge in [-0.2, -0.15) is 0 Å². The van der Waals surface area contributed by atoms with Gasteiger partial charge in [0.05, 0.1) is 12.4 Å². The Balaban J connectivity index is 2.04. The van der Waals surface area contributed by atoms with Gasteiger partial charge in [-0.05, 0) is 0 Å². The van der Waals surface area contributed by atoms with Crippen LogP contribution in [0.2, 0.25) is 0 Å². The van der Waals surface area contributed by atoms with Gasteiger partial charge < -0.3 is 20.7 Å². The van der Waals surface area contributed by atoms with Crippen LogP contribution in [-0.2, 0) is 4.74 Å². The number of imidazole rings is 1. The van der Waals surface area contributed by atoms with Crippen molar-refractivity contribution in [2.45, 2.75) is 24.5 Å². The van der Waals surface area contributed by atoms with Crippen LogP contribution in [0, 0.1) is 0 Å². The van der Waals surface area contributed by atoms with E-state index in [4.69, 9.17) is 10.5 Å². The molecule has 4 N–H and O–H groups in total. The van der Waals surface area contributed by atoms with Crippen molar-refractivity contribution >= 4 is 39.6 Å². The van der Waals surface area contributed by atoms with Crippen molar-refractivity contribution in [3.05, 3.63) is 12.7 Å². The van der Waals surface area contributed by atoms with E-state index in [1.807, 2.05) is 0 Å². The van der Waals surface area contributed by atoms with Gasteiger partial charge in [-0.3, -0.25) is 4.57 Å². The highest BCUT2D eigenvalue weighted by Crippen LogP contribution is 2.32. The third-order valence-electron chi connectivity index (χ3n) is 3.15. The van der Waals surface area contributed by atoms with E-state index < -0.39 is 24.5 Å². The van der Waals surface area contributed by atoms with E-state index in [2.05, 4.69) is 37.5 Å². The van der Waals surface area contributed by atoms with Crippen LogP contribution in [0.3, 0.4) is 0 Å². The van der Waals surface area contributed by atoms with Crippen molar-refractivity contribution in [2.24, 2.45) is 0 Å². The monoisotopic (exact) mass is 377 g/mol. The number of fused-ring (bicyclic) bond motifs is 1. The normalized spacial score (nSPS) is 31.1. The quantitative estimate of drug-likeness (QED) is 0.475. The lowest BCUT2D eigenvalue weighted by atomic mass is 10.1. The molecule has 1 aliphatic rings. The first-order valence-corrected chi connectivity index (χ1v) is 7.16. The van der Waals surface area contributed by atoms with E-state index in [0.29, 0.717) is 15.6 Å². The predicted octanol–water partition coefficient (Wildman–Crippen LogP) is -0.537. The number of hydrogen-bond donors (Lipinski definition) is 3. The second-order valence-electron chi connectivity index (χ2n) is 4.28. The lowest BCUT2D eigenvalue weighted by Crippen LogP contribution is -2.32. The van der Waals surface area contributed by atoms with Crippen LogP contribution < -0.4 is 5.73 Å².